The van der Waals surface area contributed by atoms with Crippen LogP contribution in [0, 0.1) is 6.92 Å². The number of nitrogens with zero attached hydrogens (tertiary/aromatic N) is 1. The van der Waals surface area contributed by atoms with E-state index in [0.29, 0.717) is 0 Å². The minimum absolute atomic E-state index is 0.171. The first-order valence-corrected chi connectivity index (χ1v) is 6.96. The first-order valence-electron chi connectivity index (χ1n) is 6.08. The van der Waals surface area contributed by atoms with E-state index in [1.807, 2.05) is 24.4 Å². The summed E-state index contributed by atoms with van der Waals surface area (Å²) >= 11 is 1.55. The smallest absolute Gasteiger partial charge is 0.352 e. The van der Waals surface area contributed by atoms with E-state index in [4.69, 9.17) is 5.11 Å². The first-order chi connectivity index (χ1) is 9.63. The van der Waals surface area contributed by atoms with Gasteiger partial charge in [-0.15, -0.1) is 11.3 Å². The number of nitrogens with one attached hydrogen (secondary N) is 1. The van der Waals surface area contributed by atoms with Crippen molar-refractivity contribution in [2.24, 2.45) is 0 Å². The van der Waals surface area contributed by atoms with Crippen LogP contribution in [-0.4, -0.2) is 21.0 Å². The van der Waals surface area contributed by atoms with Crippen LogP contribution in [0.3, 0.4) is 0 Å². The van der Waals surface area contributed by atoms with Crippen molar-refractivity contribution in [3.8, 4) is 21.8 Å². The number of H-pyrrole nitrogens is 1. The van der Waals surface area contributed by atoms with Crippen molar-refractivity contribution in [3.05, 3.63) is 53.2 Å². The van der Waals surface area contributed by atoms with Crippen LogP contribution in [0.25, 0.3) is 21.8 Å². The van der Waals surface area contributed by atoms with Gasteiger partial charge in [0.25, 0.3) is 0 Å². The van der Waals surface area contributed by atoms with Crippen molar-refractivity contribution in [1.82, 2.24) is 9.97 Å². The SMILES string of the molecule is Cc1ccc(-c2nc(-c3c[nH]c(C(=O)O)c3)cs2)cc1. The fourth-order valence-corrected chi connectivity index (χ4v) is 2.74. The number of aromatic nitrogens is 2. The predicted molar refractivity (Wildman–Crippen MR) is 79.0 cm³/mol. The van der Waals surface area contributed by atoms with Crippen LogP contribution in [-0.2, 0) is 0 Å². The number of aryl methyl sites for hydroxylation is 1. The highest BCUT2D eigenvalue weighted by molar-refractivity contribution is 7.13. The van der Waals surface area contributed by atoms with Crippen molar-refractivity contribution >= 4 is 17.3 Å². The third-order valence-electron chi connectivity index (χ3n) is 3.01. The Hall–Kier alpha value is -2.40. The summed E-state index contributed by atoms with van der Waals surface area (Å²) in [6.45, 7) is 2.05. The van der Waals surface area contributed by atoms with Crippen LogP contribution in [0.2, 0.25) is 0 Å². The van der Waals surface area contributed by atoms with Gasteiger partial charge in [0.2, 0.25) is 0 Å². The van der Waals surface area contributed by atoms with Crippen LogP contribution < -0.4 is 0 Å². The largest absolute Gasteiger partial charge is 0.477 e. The highest BCUT2D eigenvalue weighted by Crippen LogP contribution is 2.29. The Bertz CT molecular complexity index is 756. The van der Waals surface area contributed by atoms with Crippen LogP contribution >= 0.6 is 11.3 Å². The molecule has 0 aliphatic carbocycles. The molecule has 3 rings (SSSR count). The van der Waals surface area contributed by atoms with E-state index in [9.17, 15) is 4.79 Å². The Morgan fingerprint density at radius 1 is 1.25 bits per heavy atom. The van der Waals surface area contributed by atoms with Gasteiger partial charge in [0.05, 0.1) is 5.69 Å². The average Bonchev–Trinajstić information content (AvgIpc) is 3.08. The van der Waals surface area contributed by atoms with Crippen molar-refractivity contribution in [2.75, 3.05) is 0 Å². The second kappa shape index (κ2) is 4.94. The van der Waals surface area contributed by atoms with Crippen LogP contribution in [0.5, 0.6) is 0 Å². The van der Waals surface area contributed by atoms with Gasteiger partial charge in [-0.25, -0.2) is 9.78 Å². The van der Waals surface area contributed by atoms with E-state index in [0.717, 1.165) is 21.8 Å². The van der Waals surface area contributed by atoms with Gasteiger partial charge in [0.1, 0.15) is 10.7 Å². The first kappa shape index (κ1) is 12.6. The molecule has 5 heteroatoms. The molecule has 0 radical (unpaired) electrons. The molecule has 2 aromatic heterocycles. The summed E-state index contributed by atoms with van der Waals surface area (Å²) in [7, 11) is 0. The number of benzene rings is 1. The molecule has 4 nitrogen and oxygen atoms in total. The molecule has 0 amide bonds. The minimum atomic E-state index is -0.967. The second-order valence-electron chi connectivity index (χ2n) is 4.51. The molecule has 100 valence electrons. The Morgan fingerprint density at radius 2 is 2.00 bits per heavy atom. The minimum Gasteiger partial charge on any atom is -0.477 e. The summed E-state index contributed by atoms with van der Waals surface area (Å²) in [5, 5.41) is 11.8. The average molecular weight is 284 g/mol. The van der Waals surface area contributed by atoms with Crippen LogP contribution in [0.15, 0.2) is 41.9 Å². The zero-order chi connectivity index (χ0) is 14.1. The van der Waals surface area contributed by atoms with Gasteiger partial charge in [-0.2, -0.15) is 0 Å². The van der Waals surface area contributed by atoms with Gasteiger partial charge in [-0.1, -0.05) is 29.8 Å². The molecule has 20 heavy (non-hydrogen) atoms. The third kappa shape index (κ3) is 2.35. The molecule has 2 heterocycles. The molecule has 0 atom stereocenters. The van der Waals surface area contributed by atoms with E-state index >= 15 is 0 Å². The van der Waals surface area contributed by atoms with Crippen LogP contribution in [0.4, 0.5) is 0 Å². The molecule has 0 unspecified atom stereocenters. The number of aromatic amines is 1. The second-order valence-corrected chi connectivity index (χ2v) is 5.37. The van der Waals surface area contributed by atoms with Crippen molar-refractivity contribution < 1.29 is 9.90 Å². The Labute approximate surface area is 119 Å². The number of carboxylic acids is 1. The molecule has 1 aromatic carbocycles. The van der Waals surface area contributed by atoms with Crippen molar-refractivity contribution in [1.29, 1.82) is 0 Å². The molecule has 0 bridgehead atoms. The standard InChI is InChI=1S/C15H12N2O2S/c1-9-2-4-10(5-3-9)14-17-13(8-20-14)11-6-12(15(18)19)16-7-11/h2-8,16H,1H3,(H,18,19). The highest BCUT2D eigenvalue weighted by atomic mass is 32.1. The third-order valence-corrected chi connectivity index (χ3v) is 3.90. The summed E-state index contributed by atoms with van der Waals surface area (Å²) in [5.74, 6) is -0.967. The molecule has 0 saturated carbocycles. The molecule has 0 aliphatic heterocycles. The Morgan fingerprint density at radius 3 is 2.65 bits per heavy atom. The summed E-state index contributed by atoms with van der Waals surface area (Å²) in [5.41, 5.74) is 4.03. The maximum Gasteiger partial charge on any atom is 0.352 e. The normalized spacial score (nSPS) is 10.7. The highest BCUT2D eigenvalue weighted by Gasteiger charge is 2.11. The maximum atomic E-state index is 10.9. The molecule has 0 fully saturated rings. The summed E-state index contributed by atoms with van der Waals surface area (Å²) in [4.78, 5) is 18.1. The molecule has 0 spiro atoms. The Kier molecular flexibility index (Phi) is 3.12. The number of carboxylic acid groups (broad SMARTS) is 1. The van der Waals surface area contributed by atoms with Gasteiger partial charge < -0.3 is 10.1 Å². The maximum absolute atomic E-state index is 10.9. The topological polar surface area (TPSA) is 66.0 Å². The van der Waals surface area contributed by atoms with Gasteiger partial charge in [0.15, 0.2) is 0 Å². The summed E-state index contributed by atoms with van der Waals surface area (Å²) in [6, 6.07) is 9.77. The van der Waals surface area contributed by atoms with E-state index in [-0.39, 0.29) is 5.69 Å². The molecule has 3 aromatic rings. The van der Waals surface area contributed by atoms with Gasteiger partial charge in [-0.05, 0) is 13.0 Å². The van der Waals surface area contributed by atoms with Crippen molar-refractivity contribution in [3.63, 3.8) is 0 Å². The fourth-order valence-electron chi connectivity index (χ4n) is 1.90. The zero-order valence-corrected chi connectivity index (χ0v) is 11.6. The molecule has 0 aliphatic rings. The number of hydrogen-bond donors (Lipinski definition) is 2. The summed E-state index contributed by atoms with van der Waals surface area (Å²) in [6.07, 6.45) is 1.66. The molecular formula is C15H12N2O2S. The number of aromatic carboxylic acids is 1. The monoisotopic (exact) mass is 284 g/mol. The lowest BCUT2D eigenvalue weighted by Crippen LogP contribution is -1.94. The van der Waals surface area contributed by atoms with E-state index < -0.39 is 5.97 Å². The summed E-state index contributed by atoms with van der Waals surface area (Å²) < 4.78 is 0. The predicted octanol–water partition coefficient (Wildman–Crippen LogP) is 3.81. The quantitative estimate of drug-likeness (QED) is 0.768. The van der Waals surface area contributed by atoms with Gasteiger partial charge in [-0.3, -0.25) is 0 Å². The number of hydrogen-bond acceptors (Lipinski definition) is 3. The molecule has 2 N–H and O–H groups in total. The lowest BCUT2D eigenvalue weighted by atomic mass is 10.1. The number of rotatable bonds is 3. The van der Waals surface area contributed by atoms with E-state index in [2.05, 4.69) is 22.1 Å². The van der Waals surface area contributed by atoms with E-state index in [1.54, 1.807) is 23.6 Å². The van der Waals surface area contributed by atoms with Gasteiger partial charge >= 0.3 is 5.97 Å². The number of thiazole rings is 1. The van der Waals surface area contributed by atoms with E-state index in [1.165, 1.54) is 5.56 Å². The molecular weight excluding hydrogens is 272 g/mol. The fraction of sp³-hybridized carbons (Fsp3) is 0.0667. The lowest BCUT2D eigenvalue weighted by molar-refractivity contribution is 0.0691. The Balaban J connectivity index is 1.93. The molecule has 0 saturated heterocycles. The van der Waals surface area contributed by atoms with Crippen molar-refractivity contribution in [2.45, 2.75) is 6.92 Å². The van der Waals surface area contributed by atoms with Gasteiger partial charge in [0, 0.05) is 22.7 Å². The number of carbonyl (C=O) groups is 1. The van der Waals surface area contributed by atoms with Crippen LogP contribution in [0.1, 0.15) is 16.1 Å². The zero-order valence-electron chi connectivity index (χ0n) is 10.8. The lowest BCUT2D eigenvalue weighted by Gasteiger charge is -1.96.